The molecule has 1 aliphatic rings. The van der Waals surface area contributed by atoms with Crippen LogP contribution < -0.4 is 5.32 Å². The van der Waals surface area contributed by atoms with Gasteiger partial charge in [0, 0.05) is 28.0 Å². The van der Waals surface area contributed by atoms with Crippen molar-refractivity contribution in [1.29, 1.82) is 0 Å². The summed E-state index contributed by atoms with van der Waals surface area (Å²) in [6.45, 7) is 2.94. The molecule has 0 spiro atoms. The van der Waals surface area contributed by atoms with E-state index < -0.39 is 0 Å². The van der Waals surface area contributed by atoms with Gasteiger partial charge in [-0.2, -0.15) is 0 Å². The van der Waals surface area contributed by atoms with Crippen LogP contribution in [0.2, 0.25) is 0 Å². The zero-order chi connectivity index (χ0) is 19.2. The van der Waals surface area contributed by atoms with Crippen molar-refractivity contribution in [3.8, 4) is 11.3 Å². The van der Waals surface area contributed by atoms with Crippen LogP contribution in [0.3, 0.4) is 0 Å². The summed E-state index contributed by atoms with van der Waals surface area (Å²) >= 11 is 6.17. The number of aromatic nitrogens is 1. The van der Waals surface area contributed by atoms with Gasteiger partial charge in [0.1, 0.15) is 0 Å². The lowest BCUT2D eigenvalue weighted by atomic mass is 10.0. The molecule has 1 aromatic carbocycles. The monoisotopic (exact) mass is 467 g/mol. The van der Waals surface area contributed by atoms with Crippen molar-refractivity contribution < 1.29 is 9.59 Å². The van der Waals surface area contributed by atoms with Crippen LogP contribution in [0.5, 0.6) is 0 Å². The van der Waals surface area contributed by atoms with Gasteiger partial charge in [0.15, 0.2) is 5.13 Å². The largest absolute Gasteiger partial charge is 0.339 e. The third-order valence-electron chi connectivity index (χ3n) is 4.47. The summed E-state index contributed by atoms with van der Waals surface area (Å²) in [6, 6.07) is 8.20. The second kappa shape index (κ2) is 9.71. The van der Waals surface area contributed by atoms with Crippen LogP contribution >= 0.6 is 39.0 Å². The van der Waals surface area contributed by atoms with Gasteiger partial charge in [-0.15, -0.1) is 23.1 Å². The van der Waals surface area contributed by atoms with Crippen LogP contribution in [0.1, 0.15) is 26.2 Å². The maximum absolute atomic E-state index is 12.3. The number of benzene rings is 1. The van der Waals surface area contributed by atoms with E-state index in [2.05, 4.69) is 33.2 Å². The molecule has 8 heteroatoms. The van der Waals surface area contributed by atoms with Crippen molar-refractivity contribution in [1.82, 2.24) is 9.88 Å². The van der Waals surface area contributed by atoms with Gasteiger partial charge in [-0.25, -0.2) is 4.98 Å². The number of carbonyl (C=O) groups is 2. The fraction of sp³-hybridized carbons (Fsp3) is 0.421. The van der Waals surface area contributed by atoms with Crippen LogP contribution in [-0.2, 0) is 9.59 Å². The highest BCUT2D eigenvalue weighted by atomic mass is 79.9. The SMILES string of the molecule is CC1CCCCN1C(=O)CSCC(=O)Nc1nc(-c2ccc(Br)cc2)cs1. The average molecular weight is 468 g/mol. The zero-order valence-corrected chi connectivity index (χ0v) is 18.3. The van der Waals surface area contributed by atoms with E-state index in [1.807, 2.05) is 34.5 Å². The van der Waals surface area contributed by atoms with Crippen molar-refractivity contribution >= 4 is 56.0 Å². The number of carbonyl (C=O) groups excluding carboxylic acids is 2. The maximum Gasteiger partial charge on any atom is 0.236 e. The first-order valence-corrected chi connectivity index (χ1v) is 11.7. The lowest BCUT2D eigenvalue weighted by Crippen LogP contribution is -2.43. The molecule has 1 aliphatic heterocycles. The molecule has 1 N–H and O–H groups in total. The van der Waals surface area contributed by atoms with Crippen LogP contribution in [-0.4, -0.2) is 45.8 Å². The summed E-state index contributed by atoms with van der Waals surface area (Å²) in [5, 5.41) is 5.32. The minimum absolute atomic E-state index is 0.129. The fourth-order valence-electron chi connectivity index (χ4n) is 3.02. The van der Waals surface area contributed by atoms with Gasteiger partial charge in [-0.05, 0) is 38.3 Å². The van der Waals surface area contributed by atoms with E-state index >= 15 is 0 Å². The molecule has 1 saturated heterocycles. The van der Waals surface area contributed by atoms with Crippen molar-refractivity contribution in [2.45, 2.75) is 32.2 Å². The predicted molar refractivity (Wildman–Crippen MR) is 116 cm³/mol. The molecular weight excluding hydrogens is 446 g/mol. The minimum Gasteiger partial charge on any atom is -0.339 e. The zero-order valence-electron chi connectivity index (χ0n) is 15.1. The molecule has 1 fully saturated rings. The lowest BCUT2D eigenvalue weighted by Gasteiger charge is -2.33. The molecule has 0 radical (unpaired) electrons. The molecule has 1 unspecified atom stereocenters. The van der Waals surface area contributed by atoms with Gasteiger partial charge in [0.25, 0.3) is 0 Å². The summed E-state index contributed by atoms with van der Waals surface area (Å²) in [6.07, 6.45) is 3.34. The molecule has 0 bridgehead atoms. The van der Waals surface area contributed by atoms with Crippen molar-refractivity contribution in [3.05, 3.63) is 34.1 Å². The van der Waals surface area contributed by atoms with E-state index in [0.29, 0.717) is 16.9 Å². The number of halogens is 1. The van der Waals surface area contributed by atoms with E-state index in [4.69, 9.17) is 0 Å². The number of hydrogen-bond donors (Lipinski definition) is 1. The van der Waals surface area contributed by atoms with Gasteiger partial charge in [-0.3, -0.25) is 9.59 Å². The quantitative estimate of drug-likeness (QED) is 0.671. The Bertz CT molecular complexity index is 795. The van der Waals surface area contributed by atoms with Gasteiger partial charge in [-0.1, -0.05) is 28.1 Å². The van der Waals surface area contributed by atoms with E-state index in [9.17, 15) is 9.59 Å². The normalized spacial score (nSPS) is 17.0. The summed E-state index contributed by atoms with van der Waals surface area (Å²) in [5.41, 5.74) is 1.84. The van der Waals surface area contributed by atoms with Crippen LogP contribution in [0.15, 0.2) is 34.1 Å². The Kier molecular flexibility index (Phi) is 7.32. The highest BCUT2D eigenvalue weighted by Gasteiger charge is 2.23. The highest BCUT2D eigenvalue weighted by molar-refractivity contribution is 9.10. The van der Waals surface area contributed by atoms with E-state index in [0.717, 1.165) is 35.1 Å². The highest BCUT2D eigenvalue weighted by Crippen LogP contribution is 2.26. The van der Waals surface area contributed by atoms with Gasteiger partial charge in [0.2, 0.25) is 11.8 Å². The molecule has 2 heterocycles. The summed E-state index contributed by atoms with van der Waals surface area (Å²) in [5.74, 6) is 0.601. The van der Waals surface area contributed by atoms with Gasteiger partial charge >= 0.3 is 0 Å². The molecule has 0 aliphatic carbocycles. The first-order valence-electron chi connectivity index (χ1n) is 8.91. The molecule has 27 heavy (non-hydrogen) atoms. The minimum atomic E-state index is -0.129. The summed E-state index contributed by atoms with van der Waals surface area (Å²) < 4.78 is 1.01. The molecule has 1 atom stereocenters. The Morgan fingerprint density at radius 3 is 2.81 bits per heavy atom. The molecule has 144 valence electrons. The Labute approximate surface area is 176 Å². The second-order valence-electron chi connectivity index (χ2n) is 6.52. The molecule has 0 saturated carbocycles. The Hall–Kier alpha value is -1.38. The van der Waals surface area contributed by atoms with Crippen LogP contribution in [0.4, 0.5) is 5.13 Å². The number of nitrogens with zero attached hydrogens (tertiary/aromatic N) is 2. The number of nitrogens with one attached hydrogen (secondary N) is 1. The number of anilines is 1. The molecule has 2 aromatic rings. The number of thioether (sulfide) groups is 1. The van der Waals surface area contributed by atoms with Crippen molar-refractivity contribution in [2.75, 3.05) is 23.4 Å². The first-order chi connectivity index (χ1) is 13.0. The second-order valence-corrected chi connectivity index (χ2v) is 9.28. The molecular formula is C19H22BrN3O2S2. The van der Waals surface area contributed by atoms with E-state index in [1.54, 1.807) is 0 Å². The Balaban J connectivity index is 1.44. The number of thiazole rings is 1. The number of amides is 2. The Morgan fingerprint density at radius 1 is 1.30 bits per heavy atom. The molecule has 1 aromatic heterocycles. The first kappa shape index (κ1) is 20.4. The predicted octanol–water partition coefficient (Wildman–Crippen LogP) is 4.65. The lowest BCUT2D eigenvalue weighted by molar-refractivity contribution is -0.131. The maximum atomic E-state index is 12.3. The topological polar surface area (TPSA) is 62.3 Å². The van der Waals surface area contributed by atoms with Gasteiger partial charge in [0.05, 0.1) is 17.2 Å². The number of hydrogen-bond acceptors (Lipinski definition) is 5. The molecule has 5 nitrogen and oxygen atoms in total. The van der Waals surface area contributed by atoms with E-state index in [-0.39, 0.29) is 17.6 Å². The smallest absolute Gasteiger partial charge is 0.236 e. The molecule has 3 rings (SSSR count). The number of rotatable bonds is 6. The third-order valence-corrected chi connectivity index (χ3v) is 6.68. The average Bonchev–Trinajstić information content (AvgIpc) is 3.11. The molecule has 2 amide bonds. The number of piperidine rings is 1. The van der Waals surface area contributed by atoms with Crippen molar-refractivity contribution in [3.63, 3.8) is 0 Å². The third kappa shape index (κ3) is 5.80. The number of likely N-dealkylation sites (tertiary alicyclic amines) is 1. The summed E-state index contributed by atoms with van der Waals surface area (Å²) in [4.78, 5) is 30.8. The van der Waals surface area contributed by atoms with Crippen molar-refractivity contribution in [2.24, 2.45) is 0 Å². The van der Waals surface area contributed by atoms with Crippen LogP contribution in [0, 0.1) is 0 Å². The van der Waals surface area contributed by atoms with E-state index in [1.165, 1.54) is 29.5 Å². The fourth-order valence-corrected chi connectivity index (χ4v) is 4.72. The van der Waals surface area contributed by atoms with Gasteiger partial charge < -0.3 is 10.2 Å². The standard InChI is InChI=1S/C19H22BrN3O2S2/c1-13-4-2-3-9-23(13)18(25)12-26-11-17(24)22-19-21-16(10-27-19)14-5-7-15(20)8-6-14/h5-8,10,13H,2-4,9,11-12H2,1H3,(H,21,22,24). The Morgan fingerprint density at radius 2 is 2.07 bits per heavy atom. The summed E-state index contributed by atoms with van der Waals surface area (Å²) in [7, 11) is 0. The van der Waals surface area contributed by atoms with Crippen LogP contribution in [0.25, 0.3) is 11.3 Å².